The van der Waals surface area contributed by atoms with Crippen molar-refractivity contribution >= 4 is 23.4 Å². The summed E-state index contributed by atoms with van der Waals surface area (Å²) in [5, 5.41) is 12.1. The van der Waals surface area contributed by atoms with Gasteiger partial charge in [-0.3, -0.25) is 4.79 Å². The second-order valence-electron chi connectivity index (χ2n) is 6.19. The number of hydrogen-bond acceptors (Lipinski definition) is 7. The standard InChI is InChI=1S/C20H20N4O4S/c1-3-24-19(13-5-4-6-15(9-13)26-2)22-23-20(24)29-11-18(25)21-14-7-8-16-17(10-14)28-12-27-16/h4-10H,3,11-12H2,1-2H3,(H,21,25). The molecule has 1 amide bonds. The van der Waals surface area contributed by atoms with E-state index in [0.29, 0.717) is 28.9 Å². The van der Waals surface area contributed by atoms with Gasteiger partial charge in [0.05, 0.1) is 12.9 Å². The van der Waals surface area contributed by atoms with Crippen LogP contribution in [0.4, 0.5) is 5.69 Å². The predicted molar refractivity (Wildman–Crippen MR) is 110 cm³/mol. The molecule has 0 spiro atoms. The molecule has 29 heavy (non-hydrogen) atoms. The molecule has 3 aromatic rings. The van der Waals surface area contributed by atoms with E-state index >= 15 is 0 Å². The van der Waals surface area contributed by atoms with Crippen molar-refractivity contribution in [2.45, 2.75) is 18.6 Å². The van der Waals surface area contributed by atoms with E-state index in [-0.39, 0.29) is 18.5 Å². The summed E-state index contributed by atoms with van der Waals surface area (Å²) < 4.78 is 17.9. The molecule has 0 aliphatic carbocycles. The molecule has 0 bridgehead atoms. The number of thioether (sulfide) groups is 1. The van der Waals surface area contributed by atoms with Gasteiger partial charge in [-0.05, 0) is 31.2 Å². The van der Waals surface area contributed by atoms with Crippen molar-refractivity contribution < 1.29 is 19.0 Å². The highest BCUT2D eigenvalue weighted by atomic mass is 32.2. The highest BCUT2D eigenvalue weighted by Crippen LogP contribution is 2.34. The molecule has 2 aromatic carbocycles. The topological polar surface area (TPSA) is 87.5 Å². The zero-order chi connectivity index (χ0) is 20.2. The molecule has 1 aliphatic rings. The van der Waals surface area contributed by atoms with Gasteiger partial charge in [0.1, 0.15) is 5.75 Å². The molecular weight excluding hydrogens is 392 g/mol. The Kier molecular flexibility index (Phi) is 5.57. The first-order valence-electron chi connectivity index (χ1n) is 9.08. The molecule has 0 fully saturated rings. The predicted octanol–water partition coefficient (Wildman–Crippen LogP) is 3.43. The molecule has 0 unspecified atom stereocenters. The number of fused-ring (bicyclic) bond motifs is 1. The third-order valence-corrected chi connectivity index (χ3v) is 5.32. The fourth-order valence-corrected chi connectivity index (χ4v) is 3.76. The number of hydrogen-bond donors (Lipinski definition) is 1. The van der Waals surface area contributed by atoms with Gasteiger partial charge in [-0.2, -0.15) is 0 Å². The van der Waals surface area contributed by atoms with Crippen molar-refractivity contribution in [3.05, 3.63) is 42.5 Å². The second kappa shape index (κ2) is 8.44. The number of carbonyl (C=O) groups excluding carboxylic acids is 1. The molecule has 8 nitrogen and oxygen atoms in total. The quantitative estimate of drug-likeness (QED) is 0.595. The summed E-state index contributed by atoms with van der Waals surface area (Å²) in [6.45, 7) is 2.90. The first-order valence-corrected chi connectivity index (χ1v) is 10.1. The van der Waals surface area contributed by atoms with Crippen LogP contribution in [0.3, 0.4) is 0 Å². The molecule has 2 heterocycles. The molecule has 1 aliphatic heterocycles. The van der Waals surface area contributed by atoms with E-state index in [2.05, 4.69) is 15.5 Å². The number of carbonyl (C=O) groups is 1. The van der Waals surface area contributed by atoms with Gasteiger partial charge in [0, 0.05) is 23.9 Å². The average molecular weight is 412 g/mol. The summed E-state index contributed by atoms with van der Waals surface area (Å²) in [7, 11) is 1.63. The molecule has 9 heteroatoms. The minimum Gasteiger partial charge on any atom is -0.497 e. The largest absolute Gasteiger partial charge is 0.497 e. The highest BCUT2D eigenvalue weighted by molar-refractivity contribution is 7.99. The van der Waals surface area contributed by atoms with Gasteiger partial charge >= 0.3 is 0 Å². The first kappa shape index (κ1) is 19.1. The van der Waals surface area contributed by atoms with E-state index in [0.717, 1.165) is 17.1 Å². The van der Waals surface area contributed by atoms with Crippen LogP contribution in [0.15, 0.2) is 47.6 Å². The zero-order valence-corrected chi connectivity index (χ0v) is 16.9. The monoisotopic (exact) mass is 412 g/mol. The number of nitrogens with zero attached hydrogens (tertiary/aromatic N) is 3. The maximum atomic E-state index is 12.4. The van der Waals surface area contributed by atoms with E-state index in [9.17, 15) is 4.79 Å². The Morgan fingerprint density at radius 2 is 2.07 bits per heavy atom. The molecule has 4 rings (SSSR count). The summed E-state index contributed by atoms with van der Waals surface area (Å²) >= 11 is 1.34. The van der Waals surface area contributed by atoms with Crippen LogP contribution in [0.1, 0.15) is 6.92 Å². The molecule has 0 saturated carbocycles. The summed E-state index contributed by atoms with van der Waals surface area (Å²) in [6.07, 6.45) is 0. The van der Waals surface area contributed by atoms with Gasteiger partial charge in [-0.1, -0.05) is 23.9 Å². The van der Waals surface area contributed by atoms with Gasteiger partial charge in [0.15, 0.2) is 22.5 Å². The van der Waals surface area contributed by atoms with E-state index in [4.69, 9.17) is 14.2 Å². The van der Waals surface area contributed by atoms with Crippen LogP contribution in [-0.4, -0.2) is 40.3 Å². The Bertz CT molecular complexity index is 1040. The first-order chi connectivity index (χ1) is 14.2. The van der Waals surface area contributed by atoms with E-state index in [1.54, 1.807) is 25.3 Å². The van der Waals surface area contributed by atoms with Crippen molar-refractivity contribution in [3.8, 4) is 28.6 Å². The maximum Gasteiger partial charge on any atom is 0.234 e. The number of nitrogens with one attached hydrogen (secondary N) is 1. The fourth-order valence-electron chi connectivity index (χ4n) is 2.96. The summed E-state index contributed by atoms with van der Waals surface area (Å²) in [4.78, 5) is 12.4. The van der Waals surface area contributed by atoms with Crippen molar-refractivity contribution in [3.63, 3.8) is 0 Å². The molecule has 0 saturated heterocycles. The minimum absolute atomic E-state index is 0.137. The summed E-state index contributed by atoms with van der Waals surface area (Å²) in [6, 6.07) is 13.0. The normalized spacial score (nSPS) is 12.1. The van der Waals surface area contributed by atoms with Crippen LogP contribution in [-0.2, 0) is 11.3 Å². The van der Waals surface area contributed by atoms with Gasteiger partial charge in [0.2, 0.25) is 12.7 Å². The third-order valence-electron chi connectivity index (χ3n) is 4.35. The van der Waals surface area contributed by atoms with Crippen molar-refractivity contribution in [1.82, 2.24) is 14.8 Å². The summed E-state index contributed by atoms with van der Waals surface area (Å²) in [5.41, 5.74) is 1.57. The Labute approximate surface area is 172 Å². The third kappa shape index (κ3) is 4.14. The number of benzene rings is 2. The fraction of sp³-hybridized carbons (Fsp3) is 0.250. The molecule has 0 radical (unpaired) electrons. The van der Waals surface area contributed by atoms with E-state index in [1.165, 1.54) is 11.8 Å². The lowest BCUT2D eigenvalue weighted by molar-refractivity contribution is -0.113. The van der Waals surface area contributed by atoms with Gasteiger partial charge < -0.3 is 24.1 Å². The van der Waals surface area contributed by atoms with E-state index < -0.39 is 0 Å². The van der Waals surface area contributed by atoms with Crippen LogP contribution in [0, 0.1) is 0 Å². The number of ether oxygens (including phenoxy) is 3. The Morgan fingerprint density at radius 1 is 1.21 bits per heavy atom. The van der Waals surface area contributed by atoms with Crippen LogP contribution >= 0.6 is 11.8 Å². The number of aromatic nitrogens is 3. The van der Waals surface area contributed by atoms with Crippen molar-refractivity contribution in [1.29, 1.82) is 0 Å². The molecule has 1 N–H and O–H groups in total. The summed E-state index contributed by atoms with van der Waals surface area (Å²) in [5.74, 6) is 2.88. The Hall–Kier alpha value is -3.20. The Balaban J connectivity index is 1.43. The Morgan fingerprint density at radius 3 is 2.90 bits per heavy atom. The van der Waals surface area contributed by atoms with Crippen molar-refractivity contribution in [2.24, 2.45) is 0 Å². The van der Waals surface area contributed by atoms with Gasteiger partial charge in [0.25, 0.3) is 0 Å². The van der Waals surface area contributed by atoms with Gasteiger partial charge in [-0.15, -0.1) is 10.2 Å². The van der Waals surface area contributed by atoms with Crippen LogP contribution in [0.2, 0.25) is 0 Å². The number of amides is 1. The lowest BCUT2D eigenvalue weighted by atomic mass is 10.2. The molecule has 1 aromatic heterocycles. The SMILES string of the molecule is CCn1c(SCC(=O)Nc2ccc3c(c2)OCO3)nnc1-c1cccc(OC)c1. The second-order valence-corrected chi connectivity index (χ2v) is 7.13. The number of rotatable bonds is 7. The molecule has 0 atom stereocenters. The van der Waals surface area contributed by atoms with E-state index in [1.807, 2.05) is 35.8 Å². The smallest absolute Gasteiger partial charge is 0.234 e. The van der Waals surface area contributed by atoms with Gasteiger partial charge in [-0.25, -0.2) is 0 Å². The lowest BCUT2D eigenvalue weighted by Gasteiger charge is -2.09. The lowest BCUT2D eigenvalue weighted by Crippen LogP contribution is -2.14. The zero-order valence-electron chi connectivity index (χ0n) is 16.0. The van der Waals surface area contributed by atoms with Crippen molar-refractivity contribution in [2.75, 3.05) is 25.0 Å². The number of anilines is 1. The minimum atomic E-state index is -0.137. The highest BCUT2D eigenvalue weighted by Gasteiger charge is 2.17. The average Bonchev–Trinajstić information content (AvgIpc) is 3.38. The molecule has 150 valence electrons. The molecular formula is C20H20N4O4S. The van der Waals surface area contributed by atoms with Crippen LogP contribution in [0.25, 0.3) is 11.4 Å². The van der Waals surface area contributed by atoms with Crippen LogP contribution in [0.5, 0.6) is 17.2 Å². The maximum absolute atomic E-state index is 12.4. The van der Waals surface area contributed by atoms with Crippen LogP contribution < -0.4 is 19.5 Å². The number of methoxy groups -OCH3 is 1.